The van der Waals surface area contributed by atoms with Gasteiger partial charge in [-0.15, -0.1) is 11.3 Å². The predicted molar refractivity (Wildman–Crippen MR) is 69.6 cm³/mol. The van der Waals surface area contributed by atoms with Crippen molar-refractivity contribution >= 4 is 35.2 Å². The monoisotopic (exact) mass is 316 g/mol. The molecule has 0 fully saturated rings. The summed E-state index contributed by atoms with van der Waals surface area (Å²) in [7, 11) is 2.23. The third-order valence-corrected chi connectivity index (χ3v) is 3.17. The Balaban J connectivity index is 3.53. The minimum atomic E-state index is -0.847. The number of carbonyl (C=O) groups is 4. The average molecular weight is 316 g/mol. The number of esters is 4. The molecule has 0 unspecified atom stereocenters. The van der Waals surface area contributed by atoms with Gasteiger partial charge in [-0.25, -0.2) is 9.59 Å². The van der Waals surface area contributed by atoms with Gasteiger partial charge in [0.25, 0.3) is 0 Å². The molecule has 0 aromatic carbocycles. The molecule has 21 heavy (non-hydrogen) atoms. The number of rotatable bonds is 4. The first-order chi connectivity index (χ1) is 9.81. The highest BCUT2D eigenvalue weighted by Gasteiger charge is 2.32. The van der Waals surface area contributed by atoms with Crippen LogP contribution in [0.15, 0.2) is 0 Å². The molecule has 0 atom stereocenters. The Kier molecular flexibility index (Phi) is 5.42. The van der Waals surface area contributed by atoms with E-state index in [0.717, 1.165) is 28.1 Å². The summed E-state index contributed by atoms with van der Waals surface area (Å²) in [5.74, 6) is -3.92. The van der Waals surface area contributed by atoms with Gasteiger partial charge in [-0.3, -0.25) is 9.59 Å². The largest absolute Gasteiger partial charge is 0.465 e. The lowest BCUT2D eigenvalue weighted by atomic mass is 10.3. The fourth-order valence-corrected chi connectivity index (χ4v) is 2.32. The van der Waals surface area contributed by atoms with E-state index in [9.17, 15) is 19.2 Å². The van der Waals surface area contributed by atoms with Crippen LogP contribution in [-0.4, -0.2) is 38.1 Å². The van der Waals surface area contributed by atoms with E-state index in [1.807, 2.05) is 0 Å². The summed E-state index contributed by atoms with van der Waals surface area (Å²) in [5.41, 5.74) is 0. The quantitative estimate of drug-likeness (QED) is 0.762. The fourth-order valence-electron chi connectivity index (χ4n) is 1.33. The highest BCUT2D eigenvalue weighted by molar-refractivity contribution is 7.16. The third kappa shape index (κ3) is 3.78. The van der Waals surface area contributed by atoms with Crippen molar-refractivity contribution in [1.82, 2.24) is 0 Å². The molecular weight excluding hydrogens is 304 g/mol. The fraction of sp³-hybridized carbons (Fsp3) is 0.333. The molecule has 0 saturated carbocycles. The summed E-state index contributed by atoms with van der Waals surface area (Å²) in [4.78, 5) is 45.3. The van der Waals surface area contributed by atoms with Gasteiger partial charge in [-0.2, -0.15) is 0 Å². The van der Waals surface area contributed by atoms with E-state index in [1.54, 1.807) is 0 Å². The molecule has 0 aliphatic heterocycles. The summed E-state index contributed by atoms with van der Waals surface area (Å²) < 4.78 is 18.8. The normalized spacial score (nSPS) is 9.71. The van der Waals surface area contributed by atoms with E-state index >= 15 is 0 Å². The number of carbonyl (C=O) groups excluding carboxylic acids is 4. The lowest BCUT2D eigenvalue weighted by Gasteiger charge is -2.06. The summed E-state index contributed by atoms with van der Waals surface area (Å²) in [6, 6.07) is 0. The molecule has 8 nitrogen and oxygen atoms in total. The van der Waals surface area contributed by atoms with E-state index in [4.69, 9.17) is 9.47 Å². The van der Waals surface area contributed by atoms with Crippen molar-refractivity contribution in [2.24, 2.45) is 0 Å². The molecular formula is C12H12O8S. The Labute approximate surface area is 123 Å². The molecule has 1 aromatic rings. The van der Waals surface area contributed by atoms with Crippen LogP contribution in [0, 0.1) is 0 Å². The number of hydrogen-bond acceptors (Lipinski definition) is 9. The van der Waals surface area contributed by atoms with Crippen molar-refractivity contribution in [3.63, 3.8) is 0 Å². The second kappa shape index (κ2) is 6.84. The van der Waals surface area contributed by atoms with Crippen LogP contribution >= 0.6 is 11.3 Å². The first kappa shape index (κ1) is 16.6. The molecule has 1 aromatic heterocycles. The van der Waals surface area contributed by atoms with Crippen LogP contribution in [0.4, 0.5) is 0 Å². The Bertz CT molecular complexity index is 550. The van der Waals surface area contributed by atoms with Gasteiger partial charge in [0, 0.05) is 13.8 Å². The number of thiophene rings is 1. The van der Waals surface area contributed by atoms with Crippen LogP contribution in [0.25, 0.3) is 0 Å². The lowest BCUT2D eigenvalue weighted by Crippen LogP contribution is -2.10. The molecule has 0 amide bonds. The number of hydrogen-bond donors (Lipinski definition) is 0. The van der Waals surface area contributed by atoms with Crippen LogP contribution in [0.5, 0.6) is 11.5 Å². The van der Waals surface area contributed by atoms with Gasteiger partial charge in [0.1, 0.15) is 0 Å². The zero-order valence-electron chi connectivity index (χ0n) is 11.7. The Morgan fingerprint density at radius 3 is 1.33 bits per heavy atom. The van der Waals surface area contributed by atoms with E-state index in [1.165, 1.54) is 0 Å². The summed E-state index contributed by atoms with van der Waals surface area (Å²) in [5, 5.41) is 0. The lowest BCUT2D eigenvalue weighted by molar-refractivity contribution is -0.134. The van der Waals surface area contributed by atoms with E-state index < -0.39 is 23.9 Å². The van der Waals surface area contributed by atoms with Crippen LogP contribution < -0.4 is 9.47 Å². The first-order valence-corrected chi connectivity index (χ1v) is 6.33. The molecule has 0 radical (unpaired) electrons. The van der Waals surface area contributed by atoms with Gasteiger partial charge in [-0.05, 0) is 0 Å². The van der Waals surface area contributed by atoms with E-state index in [0.29, 0.717) is 11.3 Å². The molecule has 0 spiro atoms. The van der Waals surface area contributed by atoms with Crippen LogP contribution in [-0.2, 0) is 19.1 Å². The van der Waals surface area contributed by atoms with Crippen molar-refractivity contribution in [3.8, 4) is 11.5 Å². The minimum absolute atomic E-state index is 0.190. The molecule has 114 valence electrons. The first-order valence-electron chi connectivity index (χ1n) is 5.52. The Hall–Kier alpha value is -2.42. The van der Waals surface area contributed by atoms with Crippen LogP contribution in [0.2, 0.25) is 0 Å². The van der Waals surface area contributed by atoms with Gasteiger partial charge in [-0.1, -0.05) is 0 Å². The summed E-state index contributed by atoms with van der Waals surface area (Å²) in [6.45, 7) is 2.18. The van der Waals surface area contributed by atoms with Gasteiger partial charge < -0.3 is 18.9 Å². The summed E-state index contributed by atoms with van der Waals surface area (Å²) in [6.07, 6.45) is 0. The van der Waals surface area contributed by atoms with Crippen LogP contribution in [0.1, 0.15) is 33.2 Å². The van der Waals surface area contributed by atoms with Crippen LogP contribution in [0.3, 0.4) is 0 Å². The maximum Gasteiger partial charge on any atom is 0.352 e. The molecule has 0 aliphatic rings. The maximum absolute atomic E-state index is 11.7. The zero-order chi connectivity index (χ0) is 16.2. The molecule has 9 heteroatoms. The SMILES string of the molecule is COC(=O)c1sc(C(=O)OC)c(OC(C)=O)c1OC(C)=O. The molecule has 0 aliphatic carbocycles. The Morgan fingerprint density at radius 1 is 0.762 bits per heavy atom. The van der Waals surface area contributed by atoms with Crippen molar-refractivity contribution in [1.29, 1.82) is 0 Å². The Morgan fingerprint density at radius 2 is 1.10 bits per heavy atom. The average Bonchev–Trinajstić information content (AvgIpc) is 2.74. The van der Waals surface area contributed by atoms with Gasteiger partial charge >= 0.3 is 23.9 Å². The highest BCUT2D eigenvalue weighted by Crippen LogP contribution is 2.43. The van der Waals surface area contributed by atoms with Crippen molar-refractivity contribution in [3.05, 3.63) is 9.75 Å². The highest BCUT2D eigenvalue weighted by atomic mass is 32.1. The van der Waals surface area contributed by atoms with E-state index in [2.05, 4.69) is 9.47 Å². The topological polar surface area (TPSA) is 105 Å². The summed E-state index contributed by atoms with van der Waals surface area (Å²) >= 11 is 0.632. The standard InChI is InChI=1S/C12H12O8S/c1-5(13)19-7-8(20-6(2)14)10(12(16)18-4)21-9(7)11(15)17-3/h1-4H3. The van der Waals surface area contributed by atoms with Gasteiger partial charge in [0.2, 0.25) is 0 Å². The second-order valence-corrected chi connectivity index (χ2v) is 4.61. The molecule has 0 N–H and O–H groups in total. The van der Waals surface area contributed by atoms with Crippen molar-refractivity contribution < 1.29 is 38.1 Å². The van der Waals surface area contributed by atoms with Gasteiger partial charge in [0.15, 0.2) is 21.3 Å². The molecule has 1 heterocycles. The van der Waals surface area contributed by atoms with Crippen molar-refractivity contribution in [2.45, 2.75) is 13.8 Å². The number of methoxy groups -OCH3 is 2. The molecule has 1 rings (SSSR count). The minimum Gasteiger partial charge on any atom is -0.465 e. The second-order valence-electron chi connectivity index (χ2n) is 3.59. The van der Waals surface area contributed by atoms with Gasteiger partial charge in [0.05, 0.1) is 14.2 Å². The van der Waals surface area contributed by atoms with E-state index in [-0.39, 0.29) is 21.3 Å². The number of ether oxygens (including phenoxy) is 4. The third-order valence-electron chi connectivity index (χ3n) is 2.06. The zero-order valence-corrected chi connectivity index (χ0v) is 12.5. The molecule has 0 bridgehead atoms. The predicted octanol–water partition coefficient (Wildman–Crippen LogP) is 1.17. The molecule has 0 saturated heterocycles. The van der Waals surface area contributed by atoms with Crippen molar-refractivity contribution in [2.75, 3.05) is 14.2 Å². The maximum atomic E-state index is 11.7. The smallest absolute Gasteiger partial charge is 0.352 e.